The molecule has 0 heterocycles. The summed E-state index contributed by atoms with van der Waals surface area (Å²) in [5.74, 6) is -0.137. The summed E-state index contributed by atoms with van der Waals surface area (Å²) in [5, 5.41) is 8.74. The van der Waals surface area contributed by atoms with Crippen LogP contribution in [-0.2, 0) is 4.79 Å². The third-order valence-electron chi connectivity index (χ3n) is 3.02. The van der Waals surface area contributed by atoms with E-state index in [0.29, 0.717) is 13.0 Å². The van der Waals surface area contributed by atoms with Crippen LogP contribution in [0.2, 0.25) is 0 Å². The first-order valence-corrected chi connectivity index (χ1v) is 5.94. The third-order valence-corrected chi connectivity index (χ3v) is 3.02. The zero-order chi connectivity index (χ0) is 12.8. The Bertz CT molecular complexity index is 385. The van der Waals surface area contributed by atoms with Gasteiger partial charge in [0.1, 0.15) is 5.75 Å². The van der Waals surface area contributed by atoms with Crippen LogP contribution in [0.25, 0.3) is 0 Å². The monoisotopic (exact) mass is 236 g/mol. The van der Waals surface area contributed by atoms with Gasteiger partial charge in [0.25, 0.3) is 0 Å². The van der Waals surface area contributed by atoms with Gasteiger partial charge >= 0.3 is 5.97 Å². The molecule has 3 heteroatoms. The van der Waals surface area contributed by atoms with Crippen molar-refractivity contribution in [3.63, 3.8) is 0 Å². The Hall–Kier alpha value is -1.51. The molecule has 0 saturated carbocycles. The summed E-state index contributed by atoms with van der Waals surface area (Å²) >= 11 is 0. The maximum Gasteiger partial charge on any atom is 0.306 e. The van der Waals surface area contributed by atoms with E-state index in [1.54, 1.807) is 6.92 Å². The highest BCUT2D eigenvalue weighted by Crippen LogP contribution is 2.20. The van der Waals surface area contributed by atoms with Crippen molar-refractivity contribution >= 4 is 5.97 Å². The molecule has 1 rings (SSSR count). The molecule has 1 atom stereocenters. The number of hydrogen-bond donors (Lipinski definition) is 1. The van der Waals surface area contributed by atoms with Gasteiger partial charge in [0.2, 0.25) is 0 Å². The van der Waals surface area contributed by atoms with E-state index in [-0.39, 0.29) is 5.92 Å². The van der Waals surface area contributed by atoms with Gasteiger partial charge in [-0.05, 0) is 43.9 Å². The second kappa shape index (κ2) is 6.28. The number of hydrogen-bond acceptors (Lipinski definition) is 2. The molecule has 1 aromatic rings. The zero-order valence-electron chi connectivity index (χ0n) is 10.7. The van der Waals surface area contributed by atoms with Gasteiger partial charge in [0, 0.05) is 0 Å². The second-order valence-corrected chi connectivity index (χ2v) is 4.43. The van der Waals surface area contributed by atoms with Crippen LogP contribution < -0.4 is 4.74 Å². The molecule has 0 aliphatic heterocycles. The summed E-state index contributed by atoms with van der Waals surface area (Å²) < 4.78 is 5.65. The molecule has 0 aliphatic carbocycles. The largest absolute Gasteiger partial charge is 0.493 e. The van der Waals surface area contributed by atoms with E-state index < -0.39 is 5.97 Å². The Morgan fingerprint density at radius 1 is 1.41 bits per heavy atom. The van der Waals surface area contributed by atoms with Crippen LogP contribution in [0.1, 0.15) is 30.9 Å². The maximum absolute atomic E-state index is 10.6. The molecular weight excluding hydrogens is 216 g/mol. The minimum atomic E-state index is -0.739. The lowest BCUT2D eigenvalue weighted by Crippen LogP contribution is -2.11. The van der Waals surface area contributed by atoms with E-state index in [1.165, 1.54) is 5.56 Å². The SMILES string of the molecule is Cc1cccc(OCCCC(C)C(=O)O)c1C. The van der Waals surface area contributed by atoms with E-state index in [4.69, 9.17) is 9.84 Å². The summed E-state index contributed by atoms with van der Waals surface area (Å²) in [4.78, 5) is 10.6. The molecule has 0 aromatic heterocycles. The van der Waals surface area contributed by atoms with Crippen molar-refractivity contribution in [2.45, 2.75) is 33.6 Å². The number of carboxylic acid groups (broad SMARTS) is 1. The van der Waals surface area contributed by atoms with Crippen molar-refractivity contribution in [1.82, 2.24) is 0 Å². The van der Waals surface area contributed by atoms with Gasteiger partial charge in [-0.1, -0.05) is 19.1 Å². The highest BCUT2D eigenvalue weighted by atomic mass is 16.5. The number of rotatable bonds is 6. The normalized spacial score (nSPS) is 12.2. The smallest absolute Gasteiger partial charge is 0.306 e. The van der Waals surface area contributed by atoms with Crippen LogP contribution in [0, 0.1) is 19.8 Å². The Morgan fingerprint density at radius 2 is 2.12 bits per heavy atom. The van der Waals surface area contributed by atoms with E-state index in [0.717, 1.165) is 17.7 Å². The lowest BCUT2D eigenvalue weighted by molar-refractivity contribution is -0.141. The summed E-state index contributed by atoms with van der Waals surface area (Å²) in [6, 6.07) is 5.97. The molecule has 94 valence electrons. The molecule has 1 aromatic carbocycles. The van der Waals surface area contributed by atoms with Crippen LogP contribution in [0.4, 0.5) is 0 Å². The molecule has 0 spiro atoms. The Morgan fingerprint density at radius 3 is 2.76 bits per heavy atom. The first-order chi connectivity index (χ1) is 8.02. The van der Waals surface area contributed by atoms with Gasteiger partial charge in [-0.15, -0.1) is 0 Å². The standard InChI is InChI=1S/C14H20O3/c1-10-6-4-8-13(12(10)3)17-9-5-7-11(2)14(15)16/h4,6,8,11H,5,7,9H2,1-3H3,(H,15,16). The van der Waals surface area contributed by atoms with Gasteiger partial charge in [0.05, 0.1) is 12.5 Å². The summed E-state index contributed by atoms with van der Waals surface area (Å²) in [6.45, 7) is 6.38. The van der Waals surface area contributed by atoms with Crippen molar-refractivity contribution in [3.8, 4) is 5.75 Å². The number of carbonyl (C=O) groups is 1. The first kappa shape index (κ1) is 13.6. The fourth-order valence-electron chi connectivity index (χ4n) is 1.58. The predicted octanol–water partition coefficient (Wildman–Crippen LogP) is 3.18. The van der Waals surface area contributed by atoms with Crippen molar-refractivity contribution in [2.24, 2.45) is 5.92 Å². The van der Waals surface area contributed by atoms with Crippen LogP contribution in [0.15, 0.2) is 18.2 Å². The summed E-state index contributed by atoms with van der Waals surface area (Å²) in [5.41, 5.74) is 2.36. The molecule has 0 amide bonds. The van der Waals surface area contributed by atoms with Gasteiger partial charge in [-0.25, -0.2) is 0 Å². The van der Waals surface area contributed by atoms with Crippen LogP contribution in [0.3, 0.4) is 0 Å². The molecule has 0 aliphatic rings. The average Bonchev–Trinajstić information content (AvgIpc) is 2.29. The lowest BCUT2D eigenvalue weighted by Gasteiger charge is -2.11. The number of aryl methyl sites for hydroxylation is 1. The molecule has 0 saturated heterocycles. The molecule has 3 nitrogen and oxygen atoms in total. The molecule has 1 unspecified atom stereocenters. The van der Waals surface area contributed by atoms with E-state index in [9.17, 15) is 4.79 Å². The third kappa shape index (κ3) is 4.10. The van der Waals surface area contributed by atoms with Crippen molar-refractivity contribution in [3.05, 3.63) is 29.3 Å². The Labute approximate surface area is 102 Å². The first-order valence-electron chi connectivity index (χ1n) is 5.94. The fraction of sp³-hybridized carbons (Fsp3) is 0.500. The highest BCUT2D eigenvalue weighted by Gasteiger charge is 2.10. The Kier molecular flexibility index (Phi) is 5.01. The highest BCUT2D eigenvalue weighted by molar-refractivity contribution is 5.69. The number of aliphatic carboxylic acids is 1. The fourth-order valence-corrected chi connectivity index (χ4v) is 1.58. The van der Waals surface area contributed by atoms with E-state index >= 15 is 0 Å². The quantitative estimate of drug-likeness (QED) is 0.772. The topological polar surface area (TPSA) is 46.5 Å². The van der Waals surface area contributed by atoms with Gasteiger partial charge in [-0.2, -0.15) is 0 Å². The van der Waals surface area contributed by atoms with Gasteiger partial charge < -0.3 is 9.84 Å². The van der Waals surface area contributed by atoms with Crippen LogP contribution in [0.5, 0.6) is 5.75 Å². The van der Waals surface area contributed by atoms with Crippen molar-refractivity contribution in [2.75, 3.05) is 6.61 Å². The predicted molar refractivity (Wildman–Crippen MR) is 67.4 cm³/mol. The maximum atomic E-state index is 10.6. The summed E-state index contributed by atoms with van der Waals surface area (Å²) in [7, 11) is 0. The molecule has 0 radical (unpaired) electrons. The van der Waals surface area contributed by atoms with E-state index in [1.807, 2.05) is 19.1 Å². The number of ether oxygens (including phenoxy) is 1. The molecule has 0 bridgehead atoms. The minimum Gasteiger partial charge on any atom is -0.493 e. The van der Waals surface area contributed by atoms with Gasteiger partial charge in [-0.3, -0.25) is 4.79 Å². The molecule has 17 heavy (non-hydrogen) atoms. The van der Waals surface area contributed by atoms with Crippen molar-refractivity contribution < 1.29 is 14.6 Å². The number of carboxylic acids is 1. The van der Waals surface area contributed by atoms with Crippen LogP contribution >= 0.6 is 0 Å². The van der Waals surface area contributed by atoms with Crippen LogP contribution in [-0.4, -0.2) is 17.7 Å². The Balaban J connectivity index is 2.36. The lowest BCUT2D eigenvalue weighted by atomic mass is 10.1. The second-order valence-electron chi connectivity index (χ2n) is 4.43. The summed E-state index contributed by atoms with van der Waals surface area (Å²) in [6.07, 6.45) is 1.42. The zero-order valence-corrected chi connectivity index (χ0v) is 10.7. The molecule has 1 N–H and O–H groups in total. The number of benzene rings is 1. The van der Waals surface area contributed by atoms with Gasteiger partial charge in [0.15, 0.2) is 0 Å². The van der Waals surface area contributed by atoms with Crippen molar-refractivity contribution in [1.29, 1.82) is 0 Å². The van der Waals surface area contributed by atoms with E-state index in [2.05, 4.69) is 13.0 Å². The molecular formula is C14H20O3. The average molecular weight is 236 g/mol. The minimum absolute atomic E-state index is 0.294. The molecule has 0 fully saturated rings.